The zero-order valence-corrected chi connectivity index (χ0v) is 6.34. The molecule has 0 fully saturated rings. The van der Waals surface area contributed by atoms with Gasteiger partial charge >= 0.3 is 0 Å². The standard InChI is InChI=1S/C10H14/c1-2-3-7-10-8-5-4-6-9-10/h2,4-5,8H,1,3,6-7,9H2. The van der Waals surface area contributed by atoms with Crippen LogP contribution < -0.4 is 0 Å². The van der Waals surface area contributed by atoms with Crippen LogP contribution in [0.5, 0.6) is 0 Å². The first-order valence-corrected chi connectivity index (χ1v) is 3.89. The third kappa shape index (κ3) is 2.22. The fraction of sp³-hybridized carbons (Fsp3) is 0.400. The van der Waals surface area contributed by atoms with E-state index in [1.165, 1.54) is 19.3 Å². The summed E-state index contributed by atoms with van der Waals surface area (Å²) in [6, 6.07) is 0. The molecule has 0 unspecified atom stereocenters. The van der Waals surface area contributed by atoms with Gasteiger partial charge in [0.2, 0.25) is 0 Å². The molecule has 0 saturated carbocycles. The maximum atomic E-state index is 3.70. The van der Waals surface area contributed by atoms with Crippen molar-refractivity contribution >= 4 is 0 Å². The highest BCUT2D eigenvalue weighted by Gasteiger charge is 1.96. The highest BCUT2D eigenvalue weighted by molar-refractivity contribution is 5.17. The zero-order chi connectivity index (χ0) is 7.23. The largest absolute Gasteiger partial charge is 0.103 e. The summed E-state index contributed by atoms with van der Waals surface area (Å²) in [6.07, 6.45) is 13.4. The van der Waals surface area contributed by atoms with Crippen LogP contribution in [0.2, 0.25) is 0 Å². The van der Waals surface area contributed by atoms with Crippen LogP contribution >= 0.6 is 0 Å². The molecule has 54 valence electrons. The van der Waals surface area contributed by atoms with E-state index in [0.717, 1.165) is 6.42 Å². The molecule has 0 saturated heterocycles. The average Bonchev–Trinajstić information content (AvgIpc) is 2.03. The van der Waals surface area contributed by atoms with E-state index in [1.807, 2.05) is 6.08 Å². The lowest BCUT2D eigenvalue weighted by Crippen LogP contribution is -1.85. The second-order valence-corrected chi connectivity index (χ2v) is 2.62. The minimum atomic E-state index is 1.12. The van der Waals surface area contributed by atoms with Gasteiger partial charge in [0.05, 0.1) is 0 Å². The fourth-order valence-corrected chi connectivity index (χ4v) is 1.15. The molecule has 1 aliphatic rings. The Bertz CT molecular complexity index is 161. The molecule has 10 heavy (non-hydrogen) atoms. The van der Waals surface area contributed by atoms with E-state index >= 15 is 0 Å². The van der Waals surface area contributed by atoms with E-state index in [2.05, 4.69) is 24.8 Å². The molecule has 0 amide bonds. The third-order valence-corrected chi connectivity index (χ3v) is 1.77. The summed E-state index contributed by atoms with van der Waals surface area (Å²) in [5.74, 6) is 0. The van der Waals surface area contributed by atoms with Crippen molar-refractivity contribution in [3.05, 3.63) is 36.5 Å². The summed E-state index contributed by atoms with van der Waals surface area (Å²) in [7, 11) is 0. The van der Waals surface area contributed by atoms with Crippen molar-refractivity contribution in [1.29, 1.82) is 0 Å². The Hall–Kier alpha value is -0.780. The zero-order valence-electron chi connectivity index (χ0n) is 6.34. The van der Waals surface area contributed by atoms with Crippen LogP contribution in [0.15, 0.2) is 36.5 Å². The minimum absolute atomic E-state index is 1.12. The van der Waals surface area contributed by atoms with Gasteiger partial charge in [-0.1, -0.05) is 29.9 Å². The van der Waals surface area contributed by atoms with Crippen LogP contribution in [0.4, 0.5) is 0 Å². The molecule has 0 spiro atoms. The second-order valence-electron chi connectivity index (χ2n) is 2.62. The van der Waals surface area contributed by atoms with Gasteiger partial charge in [0.15, 0.2) is 0 Å². The SMILES string of the molecule is C=CCCC1=CC=CCC1. The molecular weight excluding hydrogens is 120 g/mol. The second kappa shape index (κ2) is 4.10. The lowest BCUT2D eigenvalue weighted by atomic mass is 10.0. The summed E-state index contributed by atoms with van der Waals surface area (Å²) in [5, 5.41) is 0. The molecule has 0 heteroatoms. The van der Waals surface area contributed by atoms with E-state index in [-0.39, 0.29) is 0 Å². The van der Waals surface area contributed by atoms with Crippen LogP contribution in [0, 0.1) is 0 Å². The molecule has 0 N–H and O–H groups in total. The fourth-order valence-electron chi connectivity index (χ4n) is 1.15. The van der Waals surface area contributed by atoms with Crippen LogP contribution in [-0.4, -0.2) is 0 Å². The van der Waals surface area contributed by atoms with Gasteiger partial charge in [0.25, 0.3) is 0 Å². The van der Waals surface area contributed by atoms with Gasteiger partial charge in [0, 0.05) is 0 Å². The smallest absolute Gasteiger partial charge is 0.0282 e. The summed E-state index contributed by atoms with van der Waals surface area (Å²) >= 11 is 0. The first-order valence-electron chi connectivity index (χ1n) is 3.89. The Balaban J connectivity index is 2.32. The minimum Gasteiger partial charge on any atom is -0.103 e. The van der Waals surface area contributed by atoms with Gasteiger partial charge in [-0.15, -0.1) is 6.58 Å². The van der Waals surface area contributed by atoms with Gasteiger partial charge in [-0.3, -0.25) is 0 Å². The van der Waals surface area contributed by atoms with Gasteiger partial charge in [-0.2, -0.15) is 0 Å². The van der Waals surface area contributed by atoms with Crippen molar-refractivity contribution in [2.24, 2.45) is 0 Å². The van der Waals surface area contributed by atoms with E-state index in [4.69, 9.17) is 0 Å². The Labute approximate surface area is 62.9 Å². The predicted octanol–water partition coefficient (Wildman–Crippen LogP) is 3.23. The van der Waals surface area contributed by atoms with Crippen LogP contribution in [0.25, 0.3) is 0 Å². The number of allylic oxidation sites excluding steroid dienone is 5. The van der Waals surface area contributed by atoms with E-state index in [0.29, 0.717) is 0 Å². The lowest BCUT2D eigenvalue weighted by Gasteiger charge is -2.05. The maximum absolute atomic E-state index is 3.70. The Morgan fingerprint density at radius 1 is 1.60 bits per heavy atom. The van der Waals surface area contributed by atoms with Crippen LogP contribution in [0.1, 0.15) is 25.7 Å². The van der Waals surface area contributed by atoms with Crippen molar-refractivity contribution < 1.29 is 0 Å². The normalized spacial score (nSPS) is 16.6. The van der Waals surface area contributed by atoms with Crippen molar-refractivity contribution in [3.8, 4) is 0 Å². The predicted molar refractivity (Wildman–Crippen MR) is 45.9 cm³/mol. The highest BCUT2D eigenvalue weighted by atomic mass is 14.0. The third-order valence-electron chi connectivity index (χ3n) is 1.77. The van der Waals surface area contributed by atoms with Crippen molar-refractivity contribution in [3.63, 3.8) is 0 Å². The molecule has 1 aliphatic carbocycles. The topological polar surface area (TPSA) is 0 Å². The van der Waals surface area contributed by atoms with Crippen LogP contribution in [0.3, 0.4) is 0 Å². The summed E-state index contributed by atoms with van der Waals surface area (Å²) in [6.45, 7) is 3.70. The Kier molecular flexibility index (Phi) is 3.01. The van der Waals surface area contributed by atoms with Crippen molar-refractivity contribution in [2.45, 2.75) is 25.7 Å². The molecule has 0 aliphatic heterocycles. The molecule has 0 atom stereocenters. The molecule has 0 nitrogen and oxygen atoms in total. The van der Waals surface area contributed by atoms with Gasteiger partial charge in [-0.05, 0) is 25.7 Å². The number of rotatable bonds is 3. The van der Waals surface area contributed by atoms with E-state index < -0.39 is 0 Å². The average molecular weight is 134 g/mol. The first kappa shape index (κ1) is 7.33. The molecule has 0 radical (unpaired) electrons. The molecule has 0 aromatic heterocycles. The van der Waals surface area contributed by atoms with E-state index in [1.54, 1.807) is 5.57 Å². The van der Waals surface area contributed by atoms with Gasteiger partial charge in [-0.25, -0.2) is 0 Å². The van der Waals surface area contributed by atoms with Crippen LogP contribution in [-0.2, 0) is 0 Å². The van der Waals surface area contributed by atoms with Crippen molar-refractivity contribution in [1.82, 2.24) is 0 Å². The van der Waals surface area contributed by atoms with Crippen molar-refractivity contribution in [2.75, 3.05) is 0 Å². The molecule has 1 rings (SSSR count). The Morgan fingerprint density at radius 3 is 3.10 bits per heavy atom. The highest BCUT2D eigenvalue weighted by Crippen LogP contribution is 2.16. The van der Waals surface area contributed by atoms with E-state index in [9.17, 15) is 0 Å². The molecule has 0 heterocycles. The number of hydrogen-bond donors (Lipinski definition) is 0. The Morgan fingerprint density at radius 2 is 2.50 bits per heavy atom. The molecular formula is C10H14. The summed E-state index contributed by atoms with van der Waals surface area (Å²) < 4.78 is 0. The first-order chi connectivity index (χ1) is 4.93. The summed E-state index contributed by atoms with van der Waals surface area (Å²) in [4.78, 5) is 0. The quantitative estimate of drug-likeness (QED) is 0.520. The van der Waals surface area contributed by atoms with Gasteiger partial charge in [0.1, 0.15) is 0 Å². The number of hydrogen-bond acceptors (Lipinski definition) is 0. The lowest BCUT2D eigenvalue weighted by molar-refractivity contribution is 0.855. The summed E-state index contributed by atoms with van der Waals surface area (Å²) in [5.41, 5.74) is 1.57. The molecule has 0 bridgehead atoms. The molecule has 0 aromatic rings. The van der Waals surface area contributed by atoms with Gasteiger partial charge < -0.3 is 0 Å². The maximum Gasteiger partial charge on any atom is -0.0282 e. The molecule has 0 aromatic carbocycles. The monoisotopic (exact) mass is 134 g/mol.